The number of nitrogens with one attached hydrogen (secondary N) is 1. The quantitative estimate of drug-likeness (QED) is 0.841. The molecule has 0 saturated heterocycles. The first kappa shape index (κ1) is 15.4. The van der Waals surface area contributed by atoms with Crippen molar-refractivity contribution in [2.24, 2.45) is 5.92 Å². The number of rotatable bonds is 6. The van der Waals surface area contributed by atoms with Crippen LogP contribution < -0.4 is 4.72 Å². The number of halogens is 1. The van der Waals surface area contributed by atoms with Gasteiger partial charge in [0.2, 0.25) is 10.0 Å². The smallest absolute Gasteiger partial charge is 0.335 e. The van der Waals surface area contributed by atoms with E-state index in [4.69, 9.17) is 5.11 Å². The van der Waals surface area contributed by atoms with Gasteiger partial charge in [0, 0.05) is 0 Å². The lowest BCUT2D eigenvalue weighted by Gasteiger charge is -2.10. The molecule has 0 fully saturated rings. The van der Waals surface area contributed by atoms with Gasteiger partial charge in [0.05, 0.1) is 17.0 Å². The molecule has 0 aliphatic heterocycles. The van der Waals surface area contributed by atoms with E-state index in [9.17, 15) is 17.6 Å². The lowest BCUT2D eigenvalue weighted by molar-refractivity contribution is 0.0697. The zero-order valence-corrected chi connectivity index (χ0v) is 11.5. The summed E-state index contributed by atoms with van der Waals surface area (Å²) in [6.07, 6.45) is 0.440. The predicted octanol–water partition coefficient (Wildman–Crippen LogP) is 2.31. The normalized spacial score (nSPS) is 11.6. The molecular formula is C12H16FNO4S. The van der Waals surface area contributed by atoms with E-state index < -0.39 is 21.8 Å². The number of carbonyl (C=O) groups is 1. The Morgan fingerprint density at radius 3 is 2.58 bits per heavy atom. The fourth-order valence-electron chi connectivity index (χ4n) is 1.35. The summed E-state index contributed by atoms with van der Waals surface area (Å²) in [5, 5.41) is 8.77. The summed E-state index contributed by atoms with van der Waals surface area (Å²) in [5.41, 5.74) is -0.522. The maximum Gasteiger partial charge on any atom is 0.335 e. The Labute approximate surface area is 111 Å². The van der Waals surface area contributed by atoms with Crippen molar-refractivity contribution < 1.29 is 22.7 Å². The highest BCUT2D eigenvalue weighted by Gasteiger charge is 2.15. The van der Waals surface area contributed by atoms with Crippen LogP contribution in [0, 0.1) is 11.7 Å². The van der Waals surface area contributed by atoms with Crippen LogP contribution in [-0.2, 0) is 10.0 Å². The maximum absolute atomic E-state index is 13.4. The molecular weight excluding hydrogens is 273 g/mol. The molecule has 0 unspecified atom stereocenters. The van der Waals surface area contributed by atoms with Gasteiger partial charge in [-0.25, -0.2) is 17.6 Å². The van der Waals surface area contributed by atoms with Crippen molar-refractivity contribution in [3.05, 3.63) is 29.6 Å². The van der Waals surface area contributed by atoms with Crippen LogP contribution in [0.3, 0.4) is 0 Å². The third-order valence-electron chi connectivity index (χ3n) is 2.44. The number of sulfonamides is 1. The van der Waals surface area contributed by atoms with Crippen LogP contribution in [-0.4, -0.2) is 25.2 Å². The predicted molar refractivity (Wildman–Crippen MR) is 70.2 cm³/mol. The minimum absolute atomic E-state index is 0.137. The summed E-state index contributed by atoms with van der Waals surface area (Å²) in [4.78, 5) is 10.7. The van der Waals surface area contributed by atoms with Crippen molar-refractivity contribution >= 4 is 21.7 Å². The van der Waals surface area contributed by atoms with Crippen molar-refractivity contribution in [2.75, 3.05) is 10.5 Å². The molecule has 1 rings (SSSR count). The van der Waals surface area contributed by atoms with Gasteiger partial charge in [-0.2, -0.15) is 0 Å². The van der Waals surface area contributed by atoms with Gasteiger partial charge < -0.3 is 5.11 Å². The number of benzene rings is 1. The van der Waals surface area contributed by atoms with E-state index in [2.05, 4.69) is 4.72 Å². The summed E-state index contributed by atoms with van der Waals surface area (Å²) in [7, 11) is -3.68. The van der Waals surface area contributed by atoms with Gasteiger partial charge in [-0.05, 0) is 30.5 Å². The highest BCUT2D eigenvalue weighted by Crippen LogP contribution is 2.18. The third-order valence-corrected chi connectivity index (χ3v) is 3.75. The van der Waals surface area contributed by atoms with Crippen LogP contribution >= 0.6 is 0 Å². The van der Waals surface area contributed by atoms with Crippen LogP contribution in [0.4, 0.5) is 10.1 Å². The van der Waals surface area contributed by atoms with Gasteiger partial charge in [-0.3, -0.25) is 4.72 Å². The van der Waals surface area contributed by atoms with Gasteiger partial charge in [-0.1, -0.05) is 13.8 Å². The van der Waals surface area contributed by atoms with Gasteiger partial charge in [0.25, 0.3) is 0 Å². The molecule has 19 heavy (non-hydrogen) atoms. The zero-order chi connectivity index (χ0) is 14.6. The average molecular weight is 289 g/mol. The van der Waals surface area contributed by atoms with Gasteiger partial charge in [0.15, 0.2) is 0 Å². The standard InChI is InChI=1S/C12H16FNO4S/c1-8(2)5-6-19(17,18)14-11-7-9(12(15)16)3-4-10(11)13/h3-4,7-8,14H,5-6H2,1-2H3,(H,15,16). The monoisotopic (exact) mass is 289 g/mol. The third kappa shape index (κ3) is 4.86. The van der Waals surface area contributed by atoms with Gasteiger partial charge >= 0.3 is 5.97 Å². The van der Waals surface area contributed by atoms with E-state index >= 15 is 0 Å². The largest absolute Gasteiger partial charge is 0.478 e. The molecule has 0 amide bonds. The highest BCUT2D eigenvalue weighted by atomic mass is 32.2. The summed E-state index contributed by atoms with van der Waals surface area (Å²) < 4.78 is 38.9. The Morgan fingerprint density at radius 1 is 1.42 bits per heavy atom. The molecule has 5 nitrogen and oxygen atoms in total. The molecule has 0 spiro atoms. The highest BCUT2D eigenvalue weighted by molar-refractivity contribution is 7.92. The van der Waals surface area contributed by atoms with Crippen molar-refractivity contribution in [3.8, 4) is 0 Å². The summed E-state index contributed by atoms with van der Waals surface area (Å²) in [5.74, 6) is -1.99. The van der Waals surface area contributed by atoms with Crippen LogP contribution in [0.1, 0.15) is 30.6 Å². The Balaban J connectivity index is 2.92. The van der Waals surface area contributed by atoms with Gasteiger partial charge in [-0.15, -0.1) is 0 Å². The molecule has 1 aromatic rings. The van der Waals surface area contributed by atoms with E-state index in [0.717, 1.165) is 18.2 Å². The number of carboxylic acid groups (broad SMARTS) is 1. The topological polar surface area (TPSA) is 83.5 Å². The molecule has 2 N–H and O–H groups in total. The van der Waals surface area contributed by atoms with E-state index in [-0.39, 0.29) is 22.9 Å². The first-order valence-corrected chi connectivity index (χ1v) is 7.40. The SMILES string of the molecule is CC(C)CCS(=O)(=O)Nc1cc(C(=O)O)ccc1F. The van der Waals surface area contributed by atoms with Crippen LogP contribution in [0.25, 0.3) is 0 Å². The Bertz CT molecular complexity index is 569. The Morgan fingerprint density at radius 2 is 2.05 bits per heavy atom. The number of carboxylic acids is 1. The zero-order valence-electron chi connectivity index (χ0n) is 10.7. The van der Waals surface area contributed by atoms with Crippen LogP contribution in [0.5, 0.6) is 0 Å². The van der Waals surface area contributed by atoms with E-state index in [1.807, 2.05) is 13.8 Å². The Kier molecular flexibility index (Phi) is 4.88. The Hall–Kier alpha value is -1.63. The van der Waals surface area contributed by atoms with E-state index in [0.29, 0.717) is 6.42 Å². The fraction of sp³-hybridized carbons (Fsp3) is 0.417. The summed E-state index contributed by atoms with van der Waals surface area (Å²) in [6, 6.07) is 2.96. The van der Waals surface area contributed by atoms with Crippen LogP contribution in [0.2, 0.25) is 0 Å². The molecule has 0 aromatic heterocycles. The number of hydrogen-bond acceptors (Lipinski definition) is 3. The minimum atomic E-state index is -3.68. The summed E-state index contributed by atoms with van der Waals surface area (Å²) >= 11 is 0. The molecule has 1 aromatic carbocycles. The maximum atomic E-state index is 13.4. The fourth-order valence-corrected chi connectivity index (χ4v) is 2.72. The molecule has 0 saturated carbocycles. The number of hydrogen-bond donors (Lipinski definition) is 2. The average Bonchev–Trinajstić information content (AvgIpc) is 2.29. The van der Waals surface area contributed by atoms with Crippen molar-refractivity contribution in [3.63, 3.8) is 0 Å². The first-order chi connectivity index (χ1) is 8.71. The second kappa shape index (κ2) is 6.01. The van der Waals surface area contributed by atoms with Crippen molar-refractivity contribution in [1.29, 1.82) is 0 Å². The number of anilines is 1. The second-order valence-corrected chi connectivity index (χ2v) is 6.45. The first-order valence-electron chi connectivity index (χ1n) is 5.74. The molecule has 0 radical (unpaired) electrons. The van der Waals surface area contributed by atoms with E-state index in [1.165, 1.54) is 0 Å². The van der Waals surface area contributed by atoms with Crippen LogP contribution in [0.15, 0.2) is 18.2 Å². The second-order valence-electron chi connectivity index (χ2n) is 4.60. The molecule has 7 heteroatoms. The lowest BCUT2D eigenvalue weighted by Crippen LogP contribution is -2.19. The molecule has 0 aliphatic carbocycles. The lowest BCUT2D eigenvalue weighted by atomic mass is 10.2. The van der Waals surface area contributed by atoms with Crippen molar-refractivity contribution in [1.82, 2.24) is 0 Å². The van der Waals surface area contributed by atoms with E-state index in [1.54, 1.807) is 0 Å². The molecule has 0 bridgehead atoms. The summed E-state index contributed by atoms with van der Waals surface area (Å²) in [6.45, 7) is 3.75. The molecule has 0 heterocycles. The minimum Gasteiger partial charge on any atom is -0.478 e. The van der Waals surface area contributed by atoms with Gasteiger partial charge in [0.1, 0.15) is 5.82 Å². The molecule has 0 atom stereocenters. The molecule has 106 valence electrons. The number of aromatic carboxylic acids is 1. The van der Waals surface area contributed by atoms with Crippen molar-refractivity contribution in [2.45, 2.75) is 20.3 Å². The molecule has 0 aliphatic rings.